The van der Waals surface area contributed by atoms with E-state index in [1.54, 1.807) is 0 Å². The maximum Gasteiger partial charge on any atom is 0.338 e. The van der Waals surface area contributed by atoms with Crippen molar-refractivity contribution in [2.24, 2.45) is 5.73 Å². The molecule has 1 fully saturated rings. The lowest BCUT2D eigenvalue weighted by molar-refractivity contribution is -0.125. The van der Waals surface area contributed by atoms with Crippen molar-refractivity contribution >= 4 is 21.9 Å². The zero-order chi connectivity index (χ0) is 17.9. The summed E-state index contributed by atoms with van der Waals surface area (Å²) in [6.07, 6.45) is 1.56. The molecule has 132 valence electrons. The predicted molar refractivity (Wildman–Crippen MR) is 87.7 cm³/mol. The van der Waals surface area contributed by atoms with E-state index in [9.17, 15) is 18.0 Å². The Morgan fingerprint density at radius 1 is 1.33 bits per heavy atom. The molecule has 8 heteroatoms. The highest BCUT2D eigenvalue weighted by Gasteiger charge is 2.31. The summed E-state index contributed by atoms with van der Waals surface area (Å²) in [7, 11) is -3.68. The van der Waals surface area contributed by atoms with E-state index in [0.717, 1.165) is 19.3 Å². The van der Waals surface area contributed by atoms with Crippen LogP contribution >= 0.6 is 0 Å². The standard InChI is InChI=1S/C16H22N2O5S/c1-11-6-3-4-9-18(11)24(21,22)14-8-5-7-13(10-14)16(20)23-12(2)15(17)19/h5,7-8,10-12H,3-4,6,9H2,1-2H3,(H2,17,19)/t11-,12-/m0/s1. The van der Waals surface area contributed by atoms with Gasteiger partial charge in [0.05, 0.1) is 10.5 Å². The number of hydrogen-bond acceptors (Lipinski definition) is 5. The van der Waals surface area contributed by atoms with Crippen molar-refractivity contribution in [1.29, 1.82) is 0 Å². The zero-order valence-corrected chi connectivity index (χ0v) is 14.6. The number of sulfonamides is 1. The van der Waals surface area contributed by atoms with Gasteiger partial charge in [0.25, 0.3) is 5.91 Å². The fourth-order valence-corrected chi connectivity index (χ4v) is 4.38. The molecule has 7 nitrogen and oxygen atoms in total. The molecule has 1 aliphatic heterocycles. The van der Waals surface area contributed by atoms with Crippen molar-refractivity contribution < 1.29 is 22.7 Å². The molecule has 2 atom stereocenters. The van der Waals surface area contributed by atoms with Gasteiger partial charge in [0.2, 0.25) is 10.0 Å². The van der Waals surface area contributed by atoms with Crippen molar-refractivity contribution in [3.05, 3.63) is 29.8 Å². The molecule has 1 aromatic carbocycles. The number of benzene rings is 1. The highest BCUT2D eigenvalue weighted by atomic mass is 32.2. The Bertz CT molecular complexity index is 732. The van der Waals surface area contributed by atoms with E-state index in [0.29, 0.717) is 6.54 Å². The molecule has 24 heavy (non-hydrogen) atoms. The van der Waals surface area contributed by atoms with Crippen molar-refractivity contribution in [3.8, 4) is 0 Å². The number of piperidine rings is 1. The van der Waals surface area contributed by atoms with Gasteiger partial charge in [0.15, 0.2) is 6.10 Å². The second kappa shape index (κ2) is 7.31. The van der Waals surface area contributed by atoms with Crippen molar-refractivity contribution in [1.82, 2.24) is 4.31 Å². The van der Waals surface area contributed by atoms with Gasteiger partial charge in [-0.1, -0.05) is 12.5 Å². The molecular formula is C16H22N2O5S. The van der Waals surface area contributed by atoms with Crippen LogP contribution in [0, 0.1) is 0 Å². The van der Waals surface area contributed by atoms with Gasteiger partial charge in [-0.25, -0.2) is 13.2 Å². The summed E-state index contributed by atoms with van der Waals surface area (Å²) in [4.78, 5) is 23.1. The van der Waals surface area contributed by atoms with E-state index in [4.69, 9.17) is 10.5 Å². The normalized spacial score (nSPS) is 20.3. The Morgan fingerprint density at radius 3 is 2.67 bits per heavy atom. The Morgan fingerprint density at radius 2 is 2.04 bits per heavy atom. The largest absolute Gasteiger partial charge is 0.449 e. The summed E-state index contributed by atoms with van der Waals surface area (Å²) in [6, 6.07) is 5.56. The maximum atomic E-state index is 12.8. The van der Waals surface area contributed by atoms with Crippen LogP contribution in [0.4, 0.5) is 0 Å². The zero-order valence-electron chi connectivity index (χ0n) is 13.8. The van der Waals surface area contributed by atoms with Crippen LogP contribution in [-0.4, -0.2) is 43.3 Å². The first-order valence-electron chi connectivity index (χ1n) is 7.85. The lowest BCUT2D eigenvalue weighted by atomic mass is 10.1. The molecular weight excluding hydrogens is 332 g/mol. The first-order chi connectivity index (χ1) is 11.2. The smallest absolute Gasteiger partial charge is 0.338 e. The van der Waals surface area contributed by atoms with E-state index < -0.39 is 28.0 Å². The predicted octanol–water partition coefficient (Wildman–Crippen LogP) is 1.28. The Hall–Kier alpha value is -1.93. The second-order valence-electron chi connectivity index (χ2n) is 5.94. The van der Waals surface area contributed by atoms with Crippen LogP contribution in [0.2, 0.25) is 0 Å². The molecule has 0 saturated carbocycles. The highest BCUT2D eigenvalue weighted by molar-refractivity contribution is 7.89. The molecule has 1 aliphatic rings. The summed E-state index contributed by atoms with van der Waals surface area (Å²) in [5.41, 5.74) is 5.12. The van der Waals surface area contributed by atoms with E-state index >= 15 is 0 Å². The Labute approximate surface area is 141 Å². The summed E-state index contributed by atoms with van der Waals surface area (Å²) in [5, 5.41) is 0. The van der Waals surface area contributed by atoms with E-state index in [1.807, 2.05) is 6.92 Å². The first kappa shape index (κ1) is 18.4. The fourth-order valence-electron chi connectivity index (χ4n) is 2.63. The van der Waals surface area contributed by atoms with Crippen LogP contribution in [0.1, 0.15) is 43.5 Å². The number of amides is 1. The number of primary amides is 1. The van der Waals surface area contributed by atoms with Gasteiger partial charge in [-0.2, -0.15) is 4.31 Å². The Balaban J connectivity index is 2.26. The molecule has 0 radical (unpaired) electrons. The molecule has 0 aliphatic carbocycles. The van der Waals surface area contributed by atoms with Crippen molar-refractivity contribution in [2.45, 2.75) is 50.2 Å². The number of carbonyl (C=O) groups excluding carboxylic acids is 2. The maximum absolute atomic E-state index is 12.8. The fraction of sp³-hybridized carbons (Fsp3) is 0.500. The first-order valence-corrected chi connectivity index (χ1v) is 9.29. The van der Waals surface area contributed by atoms with Crippen LogP contribution in [0.25, 0.3) is 0 Å². The van der Waals surface area contributed by atoms with Crippen LogP contribution < -0.4 is 5.73 Å². The van der Waals surface area contributed by atoms with Gasteiger partial charge in [0, 0.05) is 12.6 Å². The number of ether oxygens (including phenoxy) is 1. The molecule has 1 amide bonds. The summed E-state index contributed by atoms with van der Waals surface area (Å²) in [5.74, 6) is -1.56. The number of hydrogen-bond donors (Lipinski definition) is 1. The van der Waals surface area contributed by atoms with Crippen molar-refractivity contribution in [2.75, 3.05) is 6.54 Å². The Kier molecular flexibility index (Phi) is 5.61. The van der Waals surface area contributed by atoms with Crippen LogP contribution in [0.5, 0.6) is 0 Å². The topological polar surface area (TPSA) is 107 Å². The molecule has 0 unspecified atom stereocenters. The third kappa shape index (κ3) is 3.93. The lowest BCUT2D eigenvalue weighted by Gasteiger charge is -2.32. The molecule has 2 N–H and O–H groups in total. The van der Waals surface area contributed by atoms with E-state index in [1.165, 1.54) is 35.5 Å². The molecule has 2 rings (SSSR count). The van der Waals surface area contributed by atoms with Gasteiger partial charge in [-0.15, -0.1) is 0 Å². The van der Waals surface area contributed by atoms with Gasteiger partial charge in [-0.05, 0) is 44.9 Å². The average molecular weight is 354 g/mol. The van der Waals surface area contributed by atoms with E-state index in [-0.39, 0.29) is 16.5 Å². The lowest BCUT2D eigenvalue weighted by Crippen LogP contribution is -2.41. The number of rotatable bonds is 5. The van der Waals surface area contributed by atoms with Crippen LogP contribution in [-0.2, 0) is 19.6 Å². The minimum Gasteiger partial charge on any atom is -0.449 e. The third-order valence-electron chi connectivity index (χ3n) is 4.10. The van der Waals surface area contributed by atoms with Gasteiger partial charge in [-0.3, -0.25) is 4.79 Å². The molecule has 1 aromatic rings. The van der Waals surface area contributed by atoms with Crippen LogP contribution in [0.15, 0.2) is 29.2 Å². The number of nitrogens with zero attached hydrogens (tertiary/aromatic N) is 1. The number of carbonyl (C=O) groups is 2. The van der Waals surface area contributed by atoms with Crippen molar-refractivity contribution in [3.63, 3.8) is 0 Å². The summed E-state index contributed by atoms with van der Waals surface area (Å²) >= 11 is 0. The quantitative estimate of drug-likeness (QED) is 0.802. The summed E-state index contributed by atoms with van der Waals surface area (Å²) in [6.45, 7) is 3.70. The molecule has 0 spiro atoms. The highest BCUT2D eigenvalue weighted by Crippen LogP contribution is 2.25. The monoisotopic (exact) mass is 354 g/mol. The van der Waals surface area contributed by atoms with E-state index in [2.05, 4.69) is 0 Å². The molecule has 0 aromatic heterocycles. The molecule has 1 saturated heterocycles. The van der Waals surface area contributed by atoms with Crippen LogP contribution in [0.3, 0.4) is 0 Å². The van der Waals surface area contributed by atoms with Gasteiger partial charge in [0.1, 0.15) is 0 Å². The minimum absolute atomic E-state index is 0.0393. The molecule has 0 bridgehead atoms. The van der Waals surface area contributed by atoms with Gasteiger partial charge >= 0.3 is 5.97 Å². The molecule has 1 heterocycles. The third-order valence-corrected chi connectivity index (χ3v) is 6.11. The second-order valence-corrected chi connectivity index (χ2v) is 7.83. The number of nitrogens with two attached hydrogens (primary N) is 1. The number of esters is 1. The SMILES string of the molecule is C[C@H](OC(=O)c1cccc(S(=O)(=O)N2CCCC[C@@H]2C)c1)C(N)=O. The van der Waals surface area contributed by atoms with Gasteiger partial charge < -0.3 is 10.5 Å². The summed E-state index contributed by atoms with van der Waals surface area (Å²) < 4.78 is 32.0. The minimum atomic E-state index is -3.68. The average Bonchev–Trinajstić information content (AvgIpc) is 2.55.